The number of aromatic nitrogens is 3. The molecule has 0 aliphatic carbocycles. The fourth-order valence-corrected chi connectivity index (χ4v) is 3.74. The van der Waals surface area contributed by atoms with E-state index in [0.717, 1.165) is 29.8 Å². The molecule has 2 aromatic rings. The average molecular weight is 341 g/mol. The van der Waals surface area contributed by atoms with Crippen molar-refractivity contribution in [3.05, 3.63) is 35.7 Å². The van der Waals surface area contributed by atoms with Gasteiger partial charge >= 0.3 is 0 Å². The minimum absolute atomic E-state index is 0.0831. The first-order valence-electron chi connectivity index (χ1n) is 8.99. The van der Waals surface area contributed by atoms with Crippen LogP contribution in [-0.4, -0.2) is 44.1 Å². The topological polar surface area (TPSA) is 73.9 Å². The highest BCUT2D eigenvalue weighted by Crippen LogP contribution is 2.26. The Labute approximate surface area is 149 Å². The maximum Gasteiger partial charge on any atom is 0.237 e. The maximum atomic E-state index is 12.6. The average Bonchev–Trinajstić information content (AvgIpc) is 3.18. The highest BCUT2D eigenvalue weighted by molar-refractivity contribution is 5.81. The highest BCUT2D eigenvalue weighted by Gasteiger charge is 2.34. The Bertz CT molecular complexity index is 731. The summed E-state index contributed by atoms with van der Waals surface area (Å²) in [5, 5.41) is 10.1. The van der Waals surface area contributed by atoms with Crippen LogP contribution in [0.25, 0.3) is 11.4 Å². The lowest BCUT2D eigenvalue weighted by molar-refractivity contribution is -0.127. The summed E-state index contributed by atoms with van der Waals surface area (Å²) < 4.78 is 0. The van der Waals surface area contributed by atoms with E-state index in [1.165, 1.54) is 0 Å². The van der Waals surface area contributed by atoms with Gasteiger partial charge in [-0.3, -0.25) is 14.8 Å². The largest absolute Gasteiger partial charge is 0.351 e. The van der Waals surface area contributed by atoms with Crippen molar-refractivity contribution in [1.29, 1.82) is 0 Å². The molecule has 2 heterocycles. The number of aryl methyl sites for hydroxylation is 1. The van der Waals surface area contributed by atoms with Crippen LogP contribution >= 0.6 is 0 Å². The molecular weight excluding hydrogens is 314 g/mol. The van der Waals surface area contributed by atoms with E-state index in [1.54, 1.807) is 0 Å². The van der Waals surface area contributed by atoms with Gasteiger partial charge < -0.3 is 5.32 Å². The molecule has 1 aliphatic heterocycles. The van der Waals surface area contributed by atoms with Gasteiger partial charge in [0.25, 0.3) is 0 Å². The molecule has 0 radical (unpaired) electrons. The first-order chi connectivity index (χ1) is 12.0. The Hall–Kier alpha value is -2.21. The molecule has 0 bridgehead atoms. The number of likely N-dealkylation sites (tertiary alicyclic amines) is 1. The van der Waals surface area contributed by atoms with Crippen molar-refractivity contribution in [2.24, 2.45) is 0 Å². The van der Waals surface area contributed by atoms with E-state index in [1.807, 2.05) is 38.1 Å². The van der Waals surface area contributed by atoms with E-state index in [4.69, 9.17) is 0 Å². The van der Waals surface area contributed by atoms with Crippen LogP contribution in [0.4, 0.5) is 0 Å². The molecule has 3 rings (SSSR count). The Morgan fingerprint density at radius 1 is 1.36 bits per heavy atom. The molecule has 1 aromatic carbocycles. The molecule has 0 spiro atoms. The number of nitrogens with zero attached hydrogens (tertiary/aromatic N) is 3. The summed E-state index contributed by atoms with van der Waals surface area (Å²) in [6.07, 6.45) is 2.33. The van der Waals surface area contributed by atoms with Crippen LogP contribution in [0.1, 0.15) is 45.0 Å². The maximum absolute atomic E-state index is 12.6. The Morgan fingerprint density at radius 3 is 2.72 bits per heavy atom. The summed E-state index contributed by atoms with van der Waals surface area (Å²) in [7, 11) is 0. The number of nitrogens with one attached hydrogen (secondary N) is 2. The first kappa shape index (κ1) is 17.6. The van der Waals surface area contributed by atoms with Gasteiger partial charge in [0.2, 0.25) is 5.91 Å². The molecule has 3 atom stereocenters. The minimum Gasteiger partial charge on any atom is -0.351 e. The number of carbonyl (C=O) groups excluding carboxylic acids is 1. The van der Waals surface area contributed by atoms with Crippen LogP contribution in [0.15, 0.2) is 24.3 Å². The van der Waals surface area contributed by atoms with Gasteiger partial charge in [-0.1, -0.05) is 18.2 Å². The van der Waals surface area contributed by atoms with E-state index in [9.17, 15) is 4.79 Å². The molecule has 6 heteroatoms. The van der Waals surface area contributed by atoms with Crippen molar-refractivity contribution >= 4 is 5.91 Å². The van der Waals surface area contributed by atoms with Gasteiger partial charge in [0.05, 0.1) is 6.04 Å². The molecule has 1 saturated heterocycles. The van der Waals surface area contributed by atoms with E-state index in [2.05, 4.69) is 39.2 Å². The number of carbonyl (C=O) groups is 1. The number of hydrogen-bond donors (Lipinski definition) is 2. The fourth-order valence-electron chi connectivity index (χ4n) is 3.74. The van der Waals surface area contributed by atoms with E-state index < -0.39 is 0 Å². The molecule has 6 nitrogen and oxygen atoms in total. The number of benzene rings is 1. The molecule has 2 N–H and O–H groups in total. The first-order valence-corrected chi connectivity index (χ1v) is 8.99. The van der Waals surface area contributed by atoms with E-state index in [-0.39, 0.29) is 11.9 Å². The molecular formula is C19H27N5O. The van der Waals surface area contributed by atoms with Crippen LogP contribution in [0.2, 0.25) is 0 Å². The Balaban J connectivity index is 1.62. The minimum atomic E-state index is -0.105. The van der Waals surface area contributed by atoms with Crippen LogP contribution in [0.5, 0.6) is 0 Å². The quantitative estimate of drug-likeness (QED) is 0.877. The zero-order valence-corrected chi connectivity index (χ0v) is 15.4. The molecule has 25 heavy (non-hydrogen) atoms. The SMILES string of the molecule is Cc1nc(-c2cccc(CNC(=O)[C@H](C)N3[C@H](C)CC[C@@H]3C)c2)n[nH]1. The van der Waals surface area contributed by atoms with Crippen LogP contribution < -0.4 is 5.32 Å². The number of H-pyrrole nitrogens is 1. The van der Waals surface area contributed by atoms with Crippen molar-refractivity contribution in [2.75, 3.05) is 0 Å². The lowest BCUT2D eigenvalue weighted by atomic mass is 10.1. The third-order valence-electron chi connectivity index (χ3n) is 5.10. The zero-order valence-electron chi connectivity index (χ0n) is 15.4. The second kappa shape index (κ2) is 7.35. The standard InChI is InChI=1S/C19H27N5O/c1-12-8-9-13(2)24(12)14(3)19(25)20-11-16-6-5-7-17(10-16)18-21-15(4)22-23-18/h5-7,10,12-14H,8-9,11H2,1-4H3,(H,20,25)(H,21,22,23)/t12-,13+,14-/m0/s1. The predicted octanol–water partition coefficient (Wildman–Crippen LogP) is 2.66. The van der Waals surface area contributed by atoms with Gasteiger partial charge in [0.15, 0.2) is 5.82 Å². The predicted molar refractivity (Wildman–Crippen MR) is 97.9 cm³/mol. The van der Waals surface area contributed by atoms with Gasteiger partial charge in [0, 0.05) is 24.2 Å². The van der Waals surface area contributed by atoms with Gasteiger partial charge in [0.1, 0.15) is 5.82 Å². The van der Waals surface area contributed by atoms with Gasteiger partial charge in [-0.05, 0) is 52.2 Å². The van der Waals surface area contributed by atoms with Crippen molar-refractivity contribution in [3.63, 3.8) is 0 Å². The van der Waals surface area contributed by atoms with Gasteiger partial charge in [-0.25, -0.2) is 4.98 Å². The molecule has 134 valence electrons. The molecule has 1 fully saturated rings. The fraction of sp³-hybridized carbons (Fsp3) is 0.526. The van der Waals surface area contributed by atoms with Crippen molar-refractivity contribution in [3.8, 4) is 11.4 Å². The van der Waals surface area contributed by atoms with E-state index in [0.29, 0.717) is 24.5 Å². The lowest BCUT2D eigenvalue weighted by Gasteiger charge is -2.31. The van der Waals surface area contributed by atoms with Crippen molar-refractivity contribution in [1.82, 2.24) is 25.4 Å². The number of rotatable bonds is 5. The summed E-state index contributed by atoms with van der Waals surface area (Å²) >= 11 is 0. The van der Waals surface area contributed by atoms with Gasteiger partial charge in [-0.2, -0.15) is 5.10 Å². The van der Waals surface area contributed by atoms with Crippen LogP contribution in [0.3, 0.4) is 0 Å². The molecule has 1 aromatic heterocycles. The monoisotopic (exact) mass is 341 g/mol. The number of amides is 1. The zero-order chi connectivity index (χ0) is 18.0. The van der Waals surface area contributed by atoms with E-state index >= 15 is 0 Å². The molecule has 1 amide bonds. The molecule has 0 saturated carbocycles. The lowest BCUT2D eigenvalue weighted by Crippen LogP contribution is -2.48. The third-order valence-corrected chi connectivity index (χ3v) is 5.10. The smallest absolute Gasteiger partial charge is 0.237 e. The van der Waals surface area contributed by atoms with Crippen LogP contribution in [-0.2, 0) is 11.3 Å². The summed E-state index contributed by atoms with van der Waals surface area (Å²) in [6.45, 7) is 8.80. The second-order valence-corrected chi connectivity index (χ2v) is 7.06. The molecule has 0 unspecified atom stereocenters. The summed E-state index contributed by atoms with van der Waals surface area (Å²) in [4.78, 5) is 19.2. The summed E-state index contributed by atoms with van der Waals surface area (Å²) in [5.74, 6) is 1.55. The normalized spacial score (nSPS) is 22.1. The highest BCUT2D eigenvalue weighted by atomic mass is 16.2. The van der Waals surface area contributed by atoms with Crippen LogP contribution in [0, 0.1) is 6.92 Å². The Morgan fingerprint density at radius 2 is 2.08 bits per heavy atom. The third kappa shape index (κ3) is 3.90. The second-order valence-electron chi connectivity index (χ2n) is 7.06. The molecule has 1 aliphatic rings. The number of hydrogen-bond acceptors (Lipinski definition) is 4. The van der Waals surface area contributed by atoms with Crippen molar-refractivity contribution < 1.29 is 4.79 Å². The Kier molecular flexibility index (Phi) is 5.18. The number of aromatic amines is 1. The summed E-state index contributed by atoms with van der Waals surface area (Å²) in [6, 6.07) is 8.80. The van der Waals surface area contributed by atoms with Gasteiger partial charge in [-0.15, -0.1) is 0 Å². The van der Waals surface area contributed by atoms with Crippen molar-refractivity contribution in [2.45, 2.75) is 65.2 Å². The summed E-state index contributed by atoms with van der Waals surface area (Å²) in [5.41, 5.74) is 1.99.